The fraction of sp³-hybridized carbons (Fsp3) is 0.625. The molecule has 0 bridgehead atoms. The summed E-state index contributed by atoms with van der Waals surface area (Å²) >= 11 is 0. The van der Waals surface area contributed by atoms with E-state index < -0.39 is 0 Å². The molecule has 1 heterocycles. The first-order valence-corrected chi connectivity index (χ1v) is 3.30. The van der Waals surface area contributed by atoms with Crippen molar-refractivity contribution >= 4 is 0 Å². The molecule has 0 aromatic heterocycles. The monoisotopic (exact) mass is 123 g/mol. The fourth-order valence-electron chi connectivity index (χ4n) is 0.720. The molecule has 0 aromatic carbocycles. The maximum absolute atomic E-state index is 5.15. The largest absolute Gasteiger partial charge is 0.377 e. The lowest BCUT2D eigenvalue weighted by atomic mass is 10.1. The standard InChI is InChI=1S/C8H11O/c1-2-3-4-5-8-6-7-9-8/h8H,1-2,5-7H2. The molecule has 49 valence electrons. The van der Waals surface area contributed by atoms with Gasteiger partial charge in [0.05, 0.1) is 6.10 Å². The van der Waals surface area contributed by atoms with Gasteiger partial charge >= 0.3 is 0 Å². The van der Waals surface area contributed by atoms with Crippen LogP contribution in [0, 0.1) is 18.8 Å². The van der Waals surface area contributed by atoms with E-state index >= 15 is 0 Å². The maximum atomic E-state index is 5.15. The Balaban J connectivity index is 2.03. The molecule has 1 saturated heterocycles. The summed E-state index contributed by atoms with van der Waals surface area (Å²) in [4.78, 5) is 0. The van der Waals surface area contributed by atoms with Gasteiger partial charge in [-0.25, -0.2) is 0 Å². The van der Waals surface area contributed by atoms with Crippen LogP contribution in [0.25, 0.3) is 0 Å². The average molecular weight is 123 g/mol. The molecule has 1 atom stereocenters. The van der Waals surface area contributed by atoms with E-state index in [2.05, 4.69) is 18.8 Å². The van der Waals surface area contributed by atoms with Crippen LogP contribution in [0.3, 0.4) is 0 Å². The maximum Gasteiger partial charge on any atom is 0.0706 e. The third kappa shape index (κ3) is 2.07. The molecular weight excluding hydrogens is 112 g/mol. The molecule has 1 fully saturated rings. The van der Waals surface area contributed by atoms with Crippen molar-refractivity contribution in [3.8, 4) is 11.8 Å². The highest BCUT2D eigenvalue weighted by molar-refractivity contribution is 5.01. The van der Waals surface area contributed by atoms with Crippen LogP contribution in [-0.4, -0.2) is 12.7 Å². The Morgan fingerprint density at radius 1 is 1.56 bits per heavy atom. The summed E-state index contributed by atoms with van der Waals surface area (Å²) < 4.78 is 5.15. The highest BCUT2D eigenvalue weighted by Gasteiger charge is 2.15. The Labute approximate surface area is 56.4 Å². The van der Waals surface area contributed by atoms with Gasteiger partial charge in [0.1, 0.15) is 0 Å². The zero-order valence-electron chi connectivity index (χ0n) is 5.52. The van der Waals surface area contributed by atoms with Crippen molar-refractivity contribution in [3.63, 3.8) is 0 Å². The summed E-state index contributed by atoms with van der Waals surface area (Å²) in [5, 5.41) is 0. The molecule has 1 radical (unpaired) electrons. The number of rotatable bonds is 1. The second-order valence-corrected chi connectivity index (χ2v) is 2.09. The van der Waals surface area contributed by atoms with Gasteiger partial charge in [0.2, 0.25) is 0 Å². The first kappa shape index (κ1) is 6.64. The normalized spacial score (nSPS) is 23.9. The molecule has 0 saturated carbocycles. The minimum atomic E-state index is 0.434. The van der Waals surface area contributed by atoms with Gasteiger partial charge in [-0.05, 0) is 13.3 Å². The van der Waals surface area contributed by atoms with E-state index in [-0.39, 0.29) is 0 Å². The Kier molecular flexibility index (Phi) is 2.60. The van der Waals surface area contributed by atoms with Gasteiger partial charge in [-0.15, -0.1) is 11.8 Å². The minimum Gasteiger partial charge on any atom is -0.377 e. The predicted molar refractivity (Wildman–Crippen MR) is 36.7 cm³/mol. The quantitative estimate of drug-likeness (QED) is 0.479. The van der Waals surface area contributed by atoms with Crippen LogP contribution in [-0.2, 0) is 4.74 Å². The van der Waals surface area contributed by atoms with E-state index in [1.54, 1.807) is 0 Å². The van der Waals surface area contributed by atoms with Crippen LogP contribution in [0.5, 0.6) is 0 Å². The van der Waals surface area contributed by atoms with Crippen LogP contribution >= 0.6 is 0 Å². The van der Waals surface area contributed by atoms with Crippen LogP contribution in [0.15, 0.2) is 0 Å². The zero-order valence-corrected chi connectivity index (χ0v) is 5.52. The Morgan fingerprint density at radius 2 is 2.33 bits per heavy atom. The average Bonchev–Trinajstić information content (AvgIpc) is 1.76. The minimum absolute atomic E-state index is 0.434. The third-order valence-corrected chi connectivity index (χ3v) is 1.37. The first-order valence-electron chi connectivity index (χ1n) is 3.30. The van der Waals surface area contributed by atoms with Crippen molar-refractivity contribution in [3.05, 3.63) is 6.92 Å². The lowest BCUT2D eigenvalue weighted by Gasteiger charge is -2.23. The summed E-state index contributed by atoms with van der Waals surface area (Å²) in [6.07, 6.45) is 3.23. The summed E-state index contributed by atoms with van der Waals surface area (Å²) in [6.45, 7) is 4.54. The fourth-order valence-corrected chi connectivity index (χ4v) is 0.720. The van der Waals surface area contributed by atoms with E-state index in [1.165, 1.54) is 6.42 Å². The topological polar surface area (TPSA) is 9.23 Å². The molecule has 1 aliphatic heterocycles. The molecule has 1 nitrogen and oxygen atoms in total. The van der Waals surface area contributed by atoms with Gasteiger partial charge in [-0.3, -0.25) is 0 Å². The van der Waals surface area contributed by atoms with Crippen molar-refractivity contribution in [1.82, 2.24) is 0 Å². The molecule has 0 amide bonds. The molecule has 0 aliphatic carbocycles. The predicted octanol–water partition coefficient (Wildman–Crippen LogP) is 1.39. The van der Waals surface area contributed by atoms with Crippen molar-refractivity contribution in [2.24, 2.45) is 0 Å². The van der Waals surface area contributed by atoms with Gasteiger partial charge < -0.3 is 4.74 Å². The smallest absolute Gasteiger partial charge is 0.0706 e. The van der Waals surface area contributed by atoms with E-state index in [1.807, 2.05) is 0 Å². The second-order valence-electron chi connectivity index (χ2n) is 2.09. The number of ether oxygens (including phenoxy) is 1. The van der Waals surface area contributed by atoms with E-state index in [9.17, 15) is 0 Å². The van der Waals surface area contributed by atoms with Gasteiger partial charge in [0.15, 0.2) is 0 Å². The first-order chi connectivity index (χ1) is 4.43. The lowest BCUT2D eigenvalue weighted by molar-refractivity contribution is -0.0463. The lowest BCUT2D eigenvalue weighted by Crippen LogP contribution is -2.25. The van der Waals surface area contributed by atoms with E-state index in [4.69, 9.17) is 4.74 Å². The molecule has 0 N–H and O–H groups in total. The zero-order chi connectivity index (χ0) is 6.53. The van der Waals surface area contributed by atoms with Crippen LogP contribution in [0.4, 0.5) is 0 Å². The van der Waals surface area contributed by atoms with Crippen molar-refractivity contribution in [2.75, 3.05) is 6.61 Å². The molecule has 1 rings (SSSR count). The molecule has 0 spiro atoms. The summed E-state index contributed by atoms with van der Waals surface area (Å²) in [5.41, 5.74) is 0. The second kappa shape index (κ2) is 3.53. The molecule has 0 aromatic rings. The van der Waals surface area contributed by atoms with Crippen LogP contribution in [0.2, 0.25) is 0 Å². The Bertz CT molecular complexity index is 125. The highest BCUT2D eigenvalue weighted by atomic mass is 16.5. The van der Waals surface area contributed by atoms with Crippen molar-refractivity contribution in [1.29, 1.82) is 0 Å². The van der Waals surface area contributed by atoms with Crippen molar-refractivity contribution in [2.45, 2.75) is 25.4 Å². The third-order valence-electron chi connectivity index (χ3n) is 1.37. The SMILES string of the molecule is [CH2]CC#CCC1CCO1. The van der Waals surface area contributed by atoms with E-state index in [0.29, 0.717) is 12.5 Å². The molecule has 1 aliphatic rings. The Hall–Kier alpha value is -0.480. The Morgan fingerprint density at radius 3 is 2.78 bits per heavy atom. The van der Waals surface area contributed by atoms with Gasteiger partial charge in [0.25, 0.3) is 0 Å². The highest BCUT2D eigenvalue weighted by Crippen LogP contribution is 2.13. The molecule has 9 heavy (non-hydrogen) atoms. The summed E-state index contributed by atoms with van der Waals surface area (Å²) in [6, 6.07) is 0. The summed E-state index contributed by atoms with van der Waals surface area (Å²) in [5.74, 6) is 5.91. The molecule has 1 unspecified atom stereocenters. The number of hydrogen-bond donors (Lipinski definition) is 0. The van der Waals surface area contributed by atoms with Gasteiger partial charge in [0, 0.05) is 19.4 Å². The van der Waals surface area contributed by atoms with Gasteiger partial charge in [-0.2, -0.15) is 0 Å². The van der Waals surface area contributed by atoms with E-state index in [0.717, 1.165) is 13.0 Å². The molecular formula is C8H11O. The van der Waals surface area contributed by atoms with Crippen LogP contribution in [0.1, 0.15) is 19.3 Å². The van der Waals surface area contributed by atoms with Crippen molar-refractivity contribution < 1.29 is 4.74 Å². The molecule has 1 heteroatoms. The van der Waals surface area contributed by atoms with Crippen LogP contribution < -0.4 is 0 Å². The van der Waals surface area contributed by atoms with Gasteiger partial charge in [-0.1, -0.05) is 0 Å². The summed E-state index contributed by atoms with van der Waals surface area (Å²) in [7, 11) is 0. The number of hydrogen-bond acceptors (Lipinski definition) is 1.